The molecule has 31 heavy (non-hydrogen) atoms. The van der Waals surface area contributed by atoms with E-state index in [4.69, 9.17) is 11.6 Å². The van der Waals surface area contributed by atoms with Crippen molar-refractivity contribution in [2.24, 2.45) is 5.92 Å². The van der Waals surface area contributed by atoms with Crippen molar-refractivity contribution in [2.45, 2.75) is 33.4 Å². The summed E-state index contributed by atoms with van der Waals surface area (Å²) >= 11 is 6.08. The summed E-state index contributed by atoms with van der Waals surface area (Å²) in [6.45, 7) is 5.77. The second-order valence-electron chi connectivity index (χ2n) is 7.43. The molecule has 2 aromatic carbocycles. The van der Waals surface area contributed by atoms with E-state index in [1.165, 1.54) is 17.0 Å². The monoisotopic (exact) mass is 447 g/mol. The number of nitrogens with one attached hydrogen (secondary N) is 2. The average Bonchev–Trinajstić information content (AvgIpc) is 2.74. The molecular formula is C23H27ClFN3O3. The molecule has 0 saturated carbocycles. The Labute approximate surface area is 186 Å². The van der Waals surface area contributed by atoms with Crippen LogP contribution in [0.3, 0.4) is 0 Å². The van der Waals surface area contributed by atoms with E-state index in [1.54, 1.807) is 43.3 Å². The van der Waals surface area contributed by atoms with Crippen molar-refractivity contribution in [3.63, 3.8) is 0 Å². The standard InChI is InChI=1S/C23H27ClFN3O3/c1-4-28(14-20(29)26-13-16-9-11-17(25)12-10-16)23(31)21(15(2)3)27-22(30)18-7-5-6-8-19(18)24/h5-12,15,21H,4,13-14H2,1-3H3,(H,26,29)(H,27,30). The number of amides is 3. The summed E-state index contributed by atoms with van der Waals surface area (Å²) in [5.74, 6) is -1.70. The van der Waals surface area contributed by atoms with E-state index in [9.17, 15) is 18.8 Å². The SMILES string of the molecule is CCN(CC(=O)NCc1ccc(F)cc1)C(=O)C(NC(=O)c1ccccc1Cl)C(C)C. The molecule has 0 aromatic heterocycles. The Balaban J connectivity index is 2.01. The molecule has 2 N–H and O–H groups in total. The highest BCUT2D eigenvalue weighted by Crippen LogP contribution is 2.16. The van der Waals surface area contributed by atoms with Gasteiger partial charge in [-0.2, -0.15) is 0 Å². The molecule has 0 fully saturated rings. The lowest BCUT2D eigenvalue weighted by atomic mass is 10.0. The van der Waals surface area contributed by atoms with Gasteiger partial charge in [0.25, 0.3) is 5.91 Å². The van der Waals surface area contributed by atoms with E-state index in [-0.39, 0.29) is 42.2 Å². The van der Waals surface area contributed by atoms with Crippen LogP contribution in [0, 0.1) is 11.7 Å². The quantitative estimate of drug-likeness (QED) is 0.618. The van der Waals surface area contributed by atoms with Crippen LogP contribution in [0.15, 0.2) is 48.5 Å². The van der Waals surface area contributed by atoms with Crippen molar-refractivity contribution in [1.82, 2.24) is 15.5 Å². The molecule has 2 rings (SSSR count). The molecule has 0 aliphatic carbocycles. The maximum atomic E-state index is 13.1. The highest BCUT2D eigenvalue weighted by molar-refractivity contribution is 6.33. The summed E-state index contributed by atoms with van der Waals surface area (Å²) in [6.07, 6.45) is 0. The second kappa shape index (κ2) is 11.5. The molecule has 0 radical (unpaired) electrons. The van der Waals surface area contributed by atoms with Crippen LogP contribution in [0.5, 0.6) is 0 Å². The topological polar surface area (TPSA) is 78.5 Å². The van der Waals surface area contributed by atoms with Crippen molar-refractivity contribution in [2.75, 3.05) is 13.1 Å². The van der Waals surface area contributed by atoms with Gasteiger partial charge in [0, 0.05) is 13.1 Å². The third-order valence-electron chi connectivity index (χ3n) is 4.77. The number of carbonyl (C=O) groups excluding carboxylic acids is 3. The van der Waals surface area contributed by atoms with Crippen LogP contribution in [0.25, 0.3) is 0 Å². The van der Waals surface area contributed by atoms with E-state index in [0.717, 1.165) is 5.56 Å². The fraction of sp³-hybridized carbons (Fsp3) is 0.348. The van der Waals surface area contributed by atoms with Gasteiger partial charge in [0.05, 0.1) is 17.1 Å². The number of hydrogen-bond donors (Lipinski definition) is 2. The zero-order valence-electron chi connectivity index (χ0n) is 17.8. The number of halogens is 2. The van der Waals surface area contributed by atoms with Crippen molar-refractivity contribution in [1.29, 1.82) is 0 Å². The molecule has 0 saturated heterocycles. The zero-order chi connectivity index (χ0) is 23.0. The van der Waals surface area contributed by atoms with Crippen molar-refractivity contribution >= 4 is 29.3 Å². The van der Waals surface area contributed by atoms with Gasteiger partial charge in [0.1, 0.15) is 11.9 Å². The van der Waals surface area contributed by atoms with Gasteiger partial charge in [-0.3, -0.25) is 14.4 Å². The zero-order valence-corrected chi connectivity index (χ0v) is 18.6. The molecule has 8 heteroatoms. The predicted octanol–water partition coefficient (Wildman–Crippen LogP) is 3.40. The maximum Gasteiger partial charge on any atom is 0.253 e. The number of likely N-dealkylation sites (N-methyl/N-ethyl adjacent to an activating group) is 1. The molecule has 0 spiro atoms. The molecule has 0 aliphatic heterocycles. The molecule has 0 bridgehead atoms. The van der Waals surface area contributed by atoms with Crippen LogP contribution in [-0.2, 0) is 16.1 Å². The molecule has 2 aromatic rings. The van der Waals surface area contributed by atoms with Crippen molar-refractivity contribution in [3.8, 4) is 0 Å². The molecule has 166 valence electrons. The van der Waals surface area contributed by atoms with Gasteiger partial charge in [-0.15, -0.1) is 0 Å². The Morgan fingerprint density at radius 2 is 1.71 bits per heavy atom. The highest BCUT2D eigenvalue weighted by atomic mass is 35.5. The van der Waals surface area contributed by atoms with Gasteiger partial charge in [-0.1, -0.05) is 49.7 Å². The predicted molar refractivity (Wildman–Crippen MR) is 118 cm³/mol. The number of rotatable bonds is 9. The molecule has 6 nitrogen and oxygen atoms in total. The Bertz CT molecular complexity index is 919. The van der Waals surface area contributed by atoms with Crippen LogP contribution in [0.2, 0.25) is 5.02 Å². The summed E-state index contributed by atoms with van der Waals surface area (Å²) in [4.78, 5) is 39.4. The van der Waals surface area contributed by atoms with Gasteiger partial charge in [-0.25, -0.2) is 4.39 Å². The molecule has 3 amide bonds. The first-order valence-corrected chi connectivity index (χ1v) is 10.5. The van der Waals surface area contributed by atoms with Crippen LogP contribution in [0.1, 0.15) is 36.7 Å². The lowest BCUT2D eigenvalue weighted by Crippen LogP contribution is -2.53. The fourth-order valence-electron chi connectivity index (χ4n) is 2.95. The molecular weight excluding hydrogens is 421 g/mol. The molecule has 1 atom stereocenters. The molecule has 0 aliphatic rings. The summed E-state index contributed by atoms with van der Waals surface area (Å²) < 4.78 is 13.0. The summed E-state index contributed by atoms with van der Waals surface area (Å²) in [5.41, 5.74) is 1.03. The number of hydrogen-bond acceptors (Lipinski definition) is 3. The second-order valence-corrected chi connectivity index (χ2v) is 7.84. The van der Waals surface area contributed by atoms with Gasteiger partial charge in [-0.05, 0) is 42.7 Å². The largest absolute Gasteiger partial charge is 0.350 e. The lowest BCUT2D eigenvalue weighted by molar-refractivity contribution is -0.138. The average molecular weight is 448 g/mol. The van der Waals surface area contributed by atoms with E-state index < -0.39 is 11.9 Å². The van der Waals surface area contributed by atoms with Crippen molar-refractivity contribution < 1.29 is 18.8 Å². The Hall–Kier alpha value is -2.93. The van der Waals surface area contributed by atoms with E-state index >= 15 is 0 Å². The minimum atomic E-state index is -0.811. The maximum absolute atomic E-state index is 13.1. The number of benzene rings is 2. The van der Waals surface area contributed by atoms with E-state index in [0.29, 0.717) is 11.6 Å². The first-order chi connectivity index (χ1) is 14.7. The summed E-state index contributed by atoms with van der Waals surface area (Å²) in [7, 11) is 0. The minimum Gasteiger partial charge on any atom is -0.350 e. The Morgan fingerprint density at radius 3 is 2.29 bits per heavy atom. The fourth-order valence-corrected chi connectivity index (χ4v) is 3.17. The molecule has 1 unspecified atom stereocenters. The normalized spacial score (nSPS) is 11.7. The summed E-state index contributed by atoms with van der Waals surface area (Å²) in [5, 5.41) is 5.76. The van der Waals surface area contributed by atoms with Crippen molar-refractivity contribution in [3.05, 3.63) is 70.5 Å². The van der Waals surface area contributed by atoms with Crippen LogP contribution >= 0.6 is 11.6 Å². The highest BCUT2D eigenvalue weighted by Gasteiger charge is 2.29. The smallest absolute Gasteiger partial charge is 0.253 e. The molecule has 0 heterocycles. The van der Waals surface area contributed by atoms with Gasteiger partial charge < -0.3 is 15.5 Å². The van der Waals surface area contributed by atoms with Crippen LogP contribution < -0.4 is 10.6 Å². The van der Waals surface area contributed by atoms with Gasteiger partial charge in [0.15, 0.2) is 0 Å². The first-order valence-electron chi connectivity index (χ1n) is 10.1. The summed E-state index contributed by atoms with van der Waals surface area (Å²) in [6, 6.07) is 11.6. The first kappa shape index (κ1) is 24.3. The van der Waals surface area contributed by atoms with Gasteiger partial charge in [0.2, 0.25) is 11.8 Å². The Kier molecular flexibility index (Phi) is 9.00. The number of nitrogens with zero attached hydrogens (tertiary/aromatic N) is 1. The minimum absolute atomic E-state index is 0.151. The third-order valence-corrected chi connectivity index (χ3v) is 5.10. The van der Waals surface area contributed by atoms with Crippen LogP contribution in [0.4, 0.5) is 4.39 Å². The van der Waals surface area contributed by atoms with E-state index in [1.807, 2.05) is 13.8 Å². The van der Waals surface area contributed by atoms with E-state index in [2.05, 4.69) is 10.6 Å². The lowest BCUT2D eigenvalue weighted by Gasteiger charge is -2.28. The Morgan fingerprint density at radius 1 is 1.06 bits per heavy atom. The third kappa shape index (κ3) is 7.07. The van der Waals surface area contributed by atoms with Crippen LogP contribution in [-0.4, -0.2) is 41.8 Å². The van der Waals surface area contributed by atoms with Gasteiger partial charge >= 0.3 is 0 Å². The number of carbonyl (C=O) groups is 3.